The SMILES string of the molecule is CC(C)(C)CCCCCC(=O)[O-].CC(C)(C)CCCCCC(=O)[O-].N[C@@H]1CCCC[C@H]1N.[Pt+2]. The summed E-state index contributed by atoms with van der Waals surface area (Å²) in [7, 11) is 0. The number of hydrogen-bond acceptors (Lipinski definition) is 6. The third kappa shape index (κ3) is 33.8. The molecule has 7 heteroatoms. The minimum atomic E-state index is -0.925. The molecule has 0 aromatic carbocycles. The monoisotopic (exact) mass is 651 g/mol. The molecule has 0 saturated heterocycles. The molecule has 1 fully saturated rings. The van der Waals surface area contributed by atoms with Crippen molar-refractivity contribution in [2.24, 2.45) is 22.3 Å². The van der Waals surface area contributed by atoms with Crippen molar-refractivity contribution < 1.29 is 40.9 Å². The van der Waals surface area contributed by atoms with Crippen molar-refractivity contribution in [3.8, 4) is 0 Å². The molecule has 0 spiro atoms. The fourth-order valence-electron chi connectivity index (χ4n) is 3.39. The van der Waals surface area contributed by atoms with Gasteiger partial charge in [0.05, 0.1) is 0 Å². The van der Waals surface area contributed by atoms with Gasteiger partial charge >= 0.3 is 21.1 Å². The van der Waals surface area contributed by atoms with Crippen molar-refractivity contribution in [2.75, 3.05) is 0 Å². The zero-order chi connectivity index (χ0) is 25.2. The van der Waals surface area contributed by atoms with E-state index < -0.39 is 11.9 Å². The van der Waals surface area contributed by atoms with Crippen LogP contribution in [0.15, 0.2) is 0 Å². The number of unbranched alkanes of at least 4 members (excludes halogenated alkanes) is 4. The van der Waals surface area contributed by atoms with E-state index in [1.54, 1.807) is 0 Å². The number of hydrogen-bond donors (Lipinski definition) is 2. The second-order valence-electron chi connectivity index (χ2n) is 11.6. The molecule has 4 N–H and O–H groups in total. The molecule has 0 radical (unpaired) electrons. The molecule has 1 aliphatic rings. The van der Waals surface area contributed by atoms with Crippen molar-refractivity contribution >= 4 is 11.9 Å². The Morgan fingerprint density at radius 1 is 0.667 bits per heavy atom. The number of carboxylic acid groups (broad SMARTS) is 2. The third-order valence-corrected chi connectivity index (χ3v) is 5.49. The molecule has 0 amide bonds. The maximum atomic E-state index is 10.0. The Bertz CT molecular complexity index is 444. The number of carbonyl (C=O) groups is 2. The summed E-state index contributed by atoms with van der Waals surface area (Å²) in [5.41, 5.74) is 12.1. The zero-order valence-electron chi connectivity index (χ0n) is 22.2. The Balaban J connectivity index is -0.000000410. The molecule has 1 aliphatic carbocycles. The van der Waals surface area contributed by atoms with Crippen LogP contribution in [0.4, 0.5) is 0 Å². The van der Waals surface area contributed by atoms with Crippen LogP contribution < -0.4 is 21.7 Å². The van der Waals surface area contributed by atoms with E-state index in [-0.39, 0.29) is 46.0 Å². The Hall–Kier alpha value is -0.452. The Morgan fingerprint density at radius 2 is 0.970 bits per heavy atom. The van der Waals surface area contributed by atoms with Crippen molar-refractivity contribution in [3.63, 3.8) is 0 Å². The van der Waals surface area contributed by atoms with Gasteiger partial charge in [-0.3, -0.25) is 0 Å². The summed E-state index contributed by atoms with van der Waals surface area (Å²) in [5, 5.41) is 20.1. The van der Waals surface area contributed by atoms with Gasteiger partial charge in [-0.15, -0.1) is 0 Å². The van der Waals surface area contributed by atoms with Crippen LogP contribution in [0.1, 0.15) is 131 Å². The molecule has 2 atom stereocenters. The summed E-state index contributed by atoms with van der Waals surface area (Å²) in [6, 6.07) is 0.562. The molecule has 0 bridgehead atoms. The first kappa shape index (κ1) is 37.1. The van der Waals surface area contributed by atoms with Crippen molar-refractivity contribution in [2.45, 2.75) is 144 Å². The van der Waals surface area contributed by atoms with E-state index in [9.17, 15) is 19.8 Å². The minimum absolute atomic E-state index is 0. The van der Waals surface area contributed by atoms with Crippen molar-refractivity contribution in [1.82, 2.24) is 0 Å². The summed E-state index contributed by atoms with van der Waals surface area (Å²) in [6.07, 6.45) is 13.3. The van der Waals surface area contributed by atoms with Gasteiger partial charge in [-0.25, -0.2) is 0 Å². The maximum Gasteiger partial charge on any atom is 2.00 e. The van der Waals surface area contributed by atoms with E-state index >= 15 is 0 Å². The van der Waals surface area contributed by atoms with Crippen molar-refractivity contribution in [3.05, 3.63) is 0 Å². The fourth-order valence-corrected chi connectivity index (χ4v) is 3.39. The summed E-state index contributed by atoms with van der Waals surface area (Å²) in [6.45, 7) is 13.2. The van der Waals surface area contributed by atoms with Gasteiger partial charge in [0.2, 0.25) is 0 Å². The first-order valence-electron chi connectivity index (χ1n) is 12.5. The topological polar surface area (TPSA) is 132 Å². The van der Waals surface area contributed by atoms with Crippen LogP contribution in [0, 0.1) is 10.8 Å². The van der Waals surface area contributed by atoms with Gasteiger partial charge in [0.25, 0.3) is 0 Å². The molecular formula is C26H52N2O4Pt. The molecule has 33 heavy (non-hydrogen) atoms. The number of nitrogens with two attached hydrogens (primary N) is 2. The average Bonchev–Trinajstić information content (AvgIpc) is 2.62. The number of rotatable bonds is 10. The van der Waals surface area contributed by atoms with E-state index in [1.165, 1.54) is 25.7 Å². The van der Waals surface area contributed by atoms with E-state index in [4.69, 9.17) is 11.5 Å². The van der Waals surface area contributed by atoms with Crippen LogP contribution in [0.25, 0.3) is 0 Å². The quantitative estimate of drug-likeness (QED) is 0.347. The fraction of sp³-hybridized carbons (Fsp3) is 0.923. The van der Waals surface area contributed by atoms with Gasteiger partial charge in [0, 0.05) is 24.0 Å². The molecule has 0 aromatic heterocycles. The first-order valence-corrected chi connectivity index (χ1v) is 12.5. The maximum absolute atomic E-state index is 10.0. The predicted octanol–water partition coefficient (Wildman–Crippen LogP) is 3.68. The molecule has 0 heterocycles. The van der Waals surface area contributed by atoms with Crippen LogP contribution in [-0.4, -0.2) is 24.0 Å². The van der Waals surface area contributed by atoms with Gasteiger partial charge in [-0.1, -0.05) is 80.1 Å². The molecule has 1 saturated carbocycles. The number of carbonyl (C=O) groups excluding carboxylic acids is 2. The Morgan fingerprint density at radius 3 is 1.18 bits per heavy atom. The summed E-state index contributed by atoms with van der Waals surface area (Å²) < 4.78 is 0. The number of aliphatic carboxylic acids is 2. The smallest absolute Gasteiger partial charge is 0.550 e. The van der Waals surface area contributed by atoms with Crippen LogP contribution in [0.5, 0.6) is 0 Å². The molecule has 1 rings (SSSR count). The van der Waals surface area contributed by atoms with Gasteiger partial charge in [0.1, 0.15) is 0 Å². The van der Waals surface area contributed by atoms with Gasteiger partial charge < -0.3 is 31.3 Å². The third-order valence-electron chi connectivity index (χ3n) is 5.49. The summed E-state index contributed by atoms with van der Waals surface area (Å²) in [5.74, 6) is -1.85. The number of carboxylic acids is 2. The van der Waals surface area contributed by atoms with E-state index in [0.29, 0.717) is 10.8 Å². The predicted molar refractivity (Wildman–Crippen MR) is 130 cm³/mol. The van der Waals surface area contributed by atoms with Crippen molar-refractivity contribution in [1.29, 1.82) is 0 Å². The average molecular weight is 652 g/mol. The molecular weight excluding hydrogens is 599 g/mol. The van der Waals surface area contributed by atoms with Crippen LogP contribution in [0.2, 0.25) is 0 Å². The van der Waals surface area contributed by atoms with Crippen LogP contribution >= 0.6 is 0 Å². The van der Waals surface area contributed by atoms with Gasteiger partial charge in [-0.2, -0.15) is 0 Å². The summed E-state index contributed by atoms with van der Waals surface area (Å²) >= 11 is 0. The zero-order valence-corrected chi connectivity index (χ0v) is 24.4. The second kappa shape index (κ2) is 20.9. The normalized spacial score (nSPS) is 18.1. The Kier molecular flexibility index (Phi) is 23.5. The molecule has 6 nitrogen and oxygen atoms in total. The largest absolute Gasteiger partial charge is 2.00 e. The van der Waals surface area contributed by atoms with Gasteiger partial charge in [0.15, 0.2) is 0 Å². The van der Waals surface area contributed by atoms with Crippen LogP contribution in [0.3, 0.4) is 0 Å². The first-order chi connectivity index (χ1) is 14.6. The van der Waals surface area contributed by atoms with E-state index in [2.05, 4.69) is 41.5 Å². The summed E-state index contributed by atoms with van der Waals surface area (Å²) in [4.78, 5) is 20.1. The van der Waals surface area contributed by atoms with E-state index in [1.807, 2.05) is 0 Å². The minimum Gasteiger partial charge on any atom is -0.550 e. The Labute approximate surface area is 218 Å². The molecule has 0 aliphatic heterocycles. The molecule has 200 valence electrons. The standard InChI is InChI=1S/2C10H20O2.C6H14N2.Pt/c2*1-10(2,3)8-6-4-5-7-9(11)12;7-5-3-1-2-4-6(5)8;/h2*4-8H2,1-3H3,(H,11,12);5-6H,1-4,7-8H2;/q;;;+2/p-2/t;;5-,6-;/m..1./s1. The molecule has 0 aromatic rings. The second-order valence-corrected chi connectivity index (χ2v) is 11.6. The molecule has 0 unspecified atom stereocenters. The van der Waals surface area contributed by atoms with Gasteiger partial charge in [-0.05, 0) is 62.2 Å². The van der Waals surface area contributed by atoms with Crippen LogP contribution in [-0.2, 0) is 30.7 Å². The van der Waals surface area contributed by atoms with E-state index in [0.717, 1.165) is 51.4 Å².